The lowest BCUT2D eigenvalue weighted by atomic mass is 10.0. The lowest BCUT2D eigenvalue weighted by molar-refractivity contribution is -0.137. The molecule has 0 aromatic heterocycles. The van der Waals surface area contributed by atoms with Crippen LogP contribution < -0.4 is 10.6 Å². The fourth-order valence-electron chi connectivity index (χ4n) is 2.51. The first-order chi connectivity index (χ1) is 8.97. The Bertz CT molecular complexity index is 307. The van der Waals surface area contributed by atoms with Crippen LogP contribution >= 0.6 is 0 Å². The van der Waals surface area contributed by atoms with Gasteiger partial charge in [0.25, 0.3) is 0 Å². The largest absolute Gasteiger partial charge is 0.481 e. The summed E-state index contributed by atoms with van der Waals surface area (Å²) in [6.07, 6.45) is 5.75. The van der Waals surface area contributed by atoms with Crippen molar-refractivity contribution in [3.05, 3.63) is 0 Å². The number of carboxylic acid groups (broad SMARTS) is 1. The number of aliphatic carboxylic acids is 1. The number of carbonyl (C=O) groups is 2. The minimum Gasteiger partial charge on any atom is -0.481 e. The van der Waals surface area contributed by atoms with Crippen LogP contribution in [0.25, 0.3) is 0 Å². The quantitative estimate of drug-likeness (QED) is 0.671. The molecule has 0 spiro atoms. The number of urea groups is 1. The van der Waals surface area contributed by atoms with Crippen LogP contribution in [-0.2, 0) is 4.79 Å². The molecule has 0 aliphatic heterocycles. The molecular weight excluding hydrogens is 244 g/mol. The summed E-state index contributed by atoms with van der Waals surface area (Å²) in [6.45, 7) is 4.49. The maximum Gasteiger partial charge on any atom is 0.315 e. The lowest BCUT2D eigenvalue weighted by Crippen LogP contribution is -2.43. The maximum absolute atomic E-state index is 11.7. The van der Waals surface area contributed by atoms with E-state index in [2.05, 4.69) is 17.6 Å². The zero-order valence-electron chi connectivity index (χ0n) is 11.9. The average Bonchev–Trinajstić information content (AvgIpc) is 2.51. The predicted octanol–water partition coefficient (Wildman–Crippen LogP) is 2.37. The van der Waals surface area contributed by atoms with Crippen molar-refractivity contribution in [2.75, 3.05) is 6.54 Å². The molecule has 3 N–H and O–H groups in total. The maximum atomic E-state index is 11.7. The summed E-state index contributed by atoms with van der Waals surface area (Å²) in [5, 5.41) is 14.4. The molecule has 1 rings (SSSR count). The van der Waals surface area contributed by atoms with E-state index in [0.29, 0.717) is 6.54 Å². The van der Waals surface area contributed by atoms with Crippen LogP contribution in [-0.4, -0.2) is 29.7 Å². The van der Waals surface area contributed by atoms with E-state index in [1.807, 2.05) is 6.92 Å². The molecule has 3 unspecified atom stereocenters. The Morgan fingerprint density at radius 3 is 2.68 bits per heavy atom. The highest BCUT2D eigenvalue weighted by Crippen LogP contribution is 2.22. The zero-order valence-corrected chi connectivity index (χ0v) is 11.9. The van der Waals surface area contributed by atoms with Crippen LogP contribution in [0.1, 0.15) is 52.4 Å². The molecule has 5 heteroatoms. The van der Waals surface area contributed by atoms with Crippen LogP contribution in [0.4, 0.5) is 4.79 Å². The predicted molar refractivity (Wildman–Crippen MR) is 74.0 cm³/mol. The van der Waals surface area contributed by atoms with Crippen LogP contribution in [0.2, 0.25) is 0 Å². The Balaban J connectivity index is 2.21. The van der Waals surface area contributed by atoms with Crippen molar-refractivity contribution >= 4 is 12.0 Å². The molecule has 1 aliphatic rings. The zero-order chi connectivity index (χ0) is 14.3. The molecule has 110 valence electrons. The second-order valence-electron chi connectivity index (χ2n) is 5.87. The van der Waals surface area contributed by atoms with Crippen LogP contribution in [0.15, 0.2) is 0 Å². The van der Waals surface area contributed by atoms with Gasteiger partial charge in [-0.15, -0.1) is 0 Å². The van der Waals surface area contributed by atoms with E-state index < -0.39 is 5.97 Å². The van der Waals surface area contributed by atoms with Gasteiger partial charge in [-0.3, -0.25) is 4.79 Å². The molecule has 1 aliphatic carbocycles. The second kappa shape index (κ2) is 8.02. The summed E-state index contributed by atoms with van der Waals surface area (Å²) < 4.78 is 0. The van der Waals surface area contributed by atoms with Gasteiger partial charge < -0.3 is 15.7 Å². The summed E-state index contributed by atoms with van der Waals surface area (Å²) in [6, 6.07) is 0.0940. The molecule has 1 fully saturated rings. The summed E-state index contributed by atoms with van der Waals surface area (Å²) in [5.41, 5.74) is 0. The van der Waals surface area contributed by atoms with Crippen molar-refractivity contribution in [2.24, 2.45) is 11.8 Å². The SMILES string of the molecule is CC1CCCC(NC(=O)NCC(C)CC(=O)O)CC1. The summed E-state index contributed by atoms with van der Waals surface area (Å²) >= 11 is 0. The molecule has 0 saturated heterocycles. The van der Waals surface area contributed by atoms with Gasteiger partial charge in [0.15, 0.2) is 0 Å². The molecular formula is C14H26N2O3. The smallest absolute Gasteiger partial charge is 0.315 e. The lowest BCUT2D eigenvalue weighted by Gasteiger charge is -2.18. The third-order valence-corrected chi connectivity index (χ3v) is 3.73. The number of rotatable bonds is 5. The van der Waals surface area contributed by atoms with Crippen molar-refractivity contribution in [3.63, 3.8) is 0 Å². The topological polar surface area (TPSA) is 78.4 Å². The van der Waals surface area contributed by atoms with Gasteiger partial charge in [-0.05, 0) is 31.1 Å². The number of carbonyl (C=O) groups excluding carboxylic acids is 1. The number of nitrogens with one attached hydrogen (secondary N) is 2. The average molecular weight is 270 g/mol. The molecule has 2 amide bonds. The number of carboxylic acids is 1. The standard InChI is InChI=1S/C14H26N2O3/c1-10-4-3-5-12(7-6-10)16-14(19)15-9-11(2)8-13(17)18/h10-12H,3-9H2,1-2H3,(H,17,18)(H2,15,16,19). The molecule has 0 radical (unpaired) electrons. The van der Waals surface area contributed by atoms with Gasteiger partial charge in [-0.25, -0.2) is 4.79 Å². The number of amides is 2. The Morgan fingerprint density at radius 2 is 2.00 bits per heavy atom. The summed E-state index contributed by atoms with van der Waals surface area (Å²) in [5.74, 6) is -0.115. The first-order valence-electron chi connectivity index (χ1n) is 7.23. The molecule has 19 heavy (non-hydrogen) atoms. The van der Waals surface area contributed by atoms with Crippen molar-refractivity contribution < 1.29 is 14.7 Å². The monoisotopic (exact) mass is 270 g/mol. The van der Waals surface area contributed by atoms with Crippen LogP contribution in [0.3, 0.4) is 0 Å². The molecule has 0 aromatic rings. The van der Waals surface area contributed by atoms with Crippen LogP contribution in [0, 0.1) is 11.8 Å². The van der Waals surface area contributed by atoms with Gasteiger partial charge in [0.05, 0.1) is 0 Å². The Hall–Kier alpha value is -1.26. The van der Waals surface area contributed by atoms with Crippen molar-refractivity contribution in [2.45, 2.75) is 58.4 Å². The third-order valence-electron chi connectivity index (χ3n) is 3.73. The Morgan fingerprint density at radius 1 is 1.26 bits per heavy atom. The fourth-order valence-corrected chi connectivity index (χ4v) is 2.51. The van der Waals surface area contributed by atoms with E-state index in [1.165, 1.54) is 19.3 Å². The summed E-state index contributed by atoms with van der Waals surface area (Å²) in [4.78, 5) is 22.2. The minimum absolute atomic E-state index is 0.0441. The van der Waals surface area contributed by atoms with Gasteiger partial charge in [0.2, 0.25) is 0 Å². The van der Waals surface area contributed by atoms with Crippen molar-refractivity contribution in [1.29, 1.82) is 0 Å². The third kappa shape index (κ3) is 7.03. The highest BCUT2D eigenvalue weighted by molar-refractivity contribution is 5.74. The molecule has 0 bridgehead atoms. The molecule has 0 heterocycles. The first kappa shape index (κ1) is 15.8. The number of hydrogen-bond donors (Lipinski definition) is 3. The van der Waals surface area contributed by atoms with Gasteiger partial charge in [0.1, 0.15) is 0 Å². The minimum atomic E-state index is -0.826. The molecule has 1 saturated carbocycles. The fraction of sp³-hybridized carbons (Fsp3) is 0.857. The van der Waals surface area contributed by atoms with Crippen molar-refractivity contribution in [3.8, 4) is 0 Å². The van der Waals surface area contributed by atoms with E-state index in [4.69, 9.17) is 5.11 Å². The highest BCUT2D eigenvalue weighted by atomic mass is 16.4. The normalized spacial score (nSPS) is 25.2. The van der Waals surface area contributed by atoms with E-state index in [1.54, 1.807) is 0 Å². The summed E-state index contributed by atoms with van der Waals surface area (Å²) in [7, 11) is 0. The Kier molecular flexibility index (Phi) is 6.67. The van der Waals surface area contributed by atoms with Gasteiger partial charge in [-0.1, -0.05) is 26.7 Å². The van der Waals surface area contributed by atoms with Gasteiger partial charge in [0, 0.05) is 19.0 Å². The van der Waals surface area contributed by atoms with E-state index >= 15 is 0 Å². The highest BCUT2D eigenvalue weighted by Gasteiger charge is 2.18. The molecule has 0 aromatic carbocycles. The molecule has 3 atom stereocenters. The second-order valence-corrected chi connectivity index (χ2v) is 5.87. The van der Waals surface area contributed by atoms with Crippen LogP contribution in [0.5, 0.6) is 0 Å². The number of hydrogen-bond acceptors (Lipinski definition) is 2. The van der Waals surface area contributed by atoms with E-state index in [0.717, 1.165) is 18.8 Å². The Labute approximate surface area is 115 Å². The van der Waals surface area contributed by atoms with Gasteiger partial charge in [-0.2, -0.15) is 0 Å². The molecule has 5 nitrogen and oxygen atoms in total. The van der Waals surface area contributed by atoms with Crippen molar-refractivity contribution in [1.82, 2.24) is 10.6 Å². The van der Waals surface area contributed by atoms with E-state index in [-0.39, 0.29) is 24.4 Å². The first-order valence-corrected chi connectivity index (χ1v) is 7.23. The van der Waals surface area contributed by atoms with Gasteiger partial charge >= 0.3 is 12.0 Å². The van der Waals surface area contributed by atoms with E-state index in [9.17, 15) is 9.59 Å².